The van der Waals surface area contributed by atoms with Crippen molar-refractivity contribution in [3.05, 3.63) is 59.7 Å². The lowest BCUT2D eigenvalue weighted by Crippen LogP contribution is -2.18. The molecule has 0 aliphatic rings. The van der Waals surface area contributed by atoms with Crippen molar-refractivity contribution in [1.29, 1.82) is 0 Å². The number of hydrogen-bond acceptors (Lipinski definition) is 7. The second-order valence-electron chi connectivity index (χ2n) is 4.06. The smallest absolute Gasteiger partial charge is 0.507 e. The number of para-hydroxylation sites is 2. The van der Waals surface area contributed by atoms with Gasteiger partial charge in [-0.15, -0.1) is 0 Å². The van der Waals surface area contributed by atoms with Crippen LogP contribution in [0.1, 0.15) is 20.7 Å². The summed E-state index contributed by atoms with van der Waals surface area (Å²) in [5.41, 5.74) is -0.510. The van der Waals surface area contributed by atoms with E-state index >= 15 is 0 Å². The third-order valence-electron chi connectivity index (χ3n) is 2.60. The normalized spacial score (nSPS) is 9.82. The first-order valence-electron chi connectivity index (χ1n) is 6.03. The molecule has 0 saturated carbocycles. The zero-order valence-corrected chi connectivity index (χ0v) is 11.1. The molecule has 22 heavy (non-hydrogen) atoms. The summed E-state index contributed by atoms with van der Waals surface area (Å²) in [6.07, 6.45) is -1.57. The van der Waals surface area contributed by atoms with Crippen molar-refractivity contribution in [3.8, 4) is 11.5 Å². The number of ether oxygens (including phenoxy) is 2. The molecule has 0 spiro atoms. The Balaban J connectivity index is 2.02. The summed E-state index contributed by atoms with van der Waals surface area (Å²) in [5, 5.41) is 18.9. The third-order valence-corrected chi connectivity index (χ3v) is 2.60. The molecular weight excluding hydrogens is 292 g/mol. The van der Waals surface area contributed by atoms with Gasteiger partial charge in [-0.3, -0.25) is 0 Å². The lowest BCUT2D eigenvalue weighted by molar-refractivity contribution is 0.0335. The van der Waals surface area contributed by atoms with Crippen molar-refractivity contribution in [2.24, 2.45) is 0 Å². The summed E-state index contributed by atoms with van der Waals surface area (Å²) in [6, 6.07) is 10.8. The number of hydrogen-bond donors (Lipinski definition) is 2. The van der Waals surface area contributed by atoms with Crippen molar-refractivity contribution in [2.45, 2.75) is 0 Å². The topological polar surface area (TPSA) is 110 Å². The first-order chi connectivity index (χ1) is 10.5. The molecule has 2 N–H and O–H groups in total. The van der Waals surface area contributed by atoms with Gasteiger partial charge in [0.25, 0.3) is 0 Å². The Morgan fingerprint density at radius 1 is 0.682 bits per heavy atom. The highest BCUT2D eigenvalue weighted by Gasteiger charge is 2.22. The maximum Gasteiger partial charge on any atom is 0.524 e. The minimum absolute atomic E-state index is 0.255. The van der Waals surface area contributed by atoms with Crippen molar-refractivity contribution in [1.82, 2.24) is 0 Å². The predicted octanol–water partition coefficient (Wildman–Crippen LogP) is 2.23. The van der Waals surface area contributed by atoms with E-state index < -0.39 is 18.1 Å². The fraction of sp³-hybridized carbons (Fsp3) is 0. The summed E-state index contributed by atoms with van der Waals surface area (Å²) in [5.74, 6) is -3.11. The maximum absolute atomic E-state index is 11.6. The monoisotopic (exact) mass is 302 g/mol. The molecule has 7 heteroatoms. The van der Waals surface area contributed by atoms with Gasteiger partial charge >= 0.3 is 18.1 Å². The zero-order chi connectivity index (χ0) is 16.1. The van der Waals surface area contributed by atoms with Crippen LogP contribution in [-0.4, -0.2) is 28.3 Å². The Bertz CT molecular complexity index is 675. The maximum atomic E-state index is 11.6. The Labute approximate surface area is 124 Å². The number of carbonyl (C=O) groups is 3. The summed E-state index contributed by atoms with van der Waals surface area (Å²) >= 11 is 0. The van der Waals surface area contributed by atoms with E-state index in [4.69, 9.17) is 0 Å². The summed E-state index contributed by atoms with van der Waals surface area (Å²) in [7, 11) is 0. The zero-order valence-electron chi connectivity index (χ0n) is 11.1. The molecule has 0 radical (unpaired) electrons. The molecule has 0 saturated heterocycles. The molecule has 0 amide bonds. The van der Waals surface area contributed by atoms with Gasteiger partial charge in [0.05, 0.1) is 0 Å². The number of benzene rings is 2. The van der Waals surface area contributed by atoms with Crippen LogP contribution in [0.3, 0.4) is 0 Å². The van der Waals surface area contributed by atoms with Crippen LogP contribution < -0.4 is 0 Å². The van der Waals surface area contributed by atoms with Crippen LogP contribution in [0.25, 0.3) is 0 Å². The summed E-state index contributed by atoms with van der Waals surface area (Å²) in [6.45, 7) is 0. The SMILES string of the molecule is O=C(OC(=O)c1ccccc1O)OC(=O)c1ccccc1O. The van der Waals surface area contributed by atoms with E-state index in [-0.39, 0.29) is 22.6 Å². The van der Waals surface area contributed by atoms with E-state index in [9.17, 15) is 24.6 Å². The molecule has 0 heterocycles. The number of carbonyl (C=O) groups excluding carboxylic acids is 3. The number of phenols is 2. The van der Waals surface area contributed by atoms with E-state index in [1.807, 2.05) is 0 Å². The van der Waals surface area contributed by atoms with Crippen molar-refractivity contribution in [3.63, 3.8) is 0 Å². The van der Waals surface area contributed by atoms with Gasteiger partial charge in [0.15, 0.2) is 0 Å². The third kappa shape index (κ3) is 3.40. The molecule has 0 aliphatic carbocycles. The number of rotatable bonds is 2. The fourth-order valence-corrected chi connectivity index (χ4v) is 1.57. The van der Waals surface area contributed by atoms with Crippen molar-refractivity contribution >= 4 is 18.1 Å². The average molecular weight is 302 g/mol. The van der Waals surface area contributed by atoms with Gasteiger partial charge in [0, 0.05) is 0 Å². The Kier molecular flexibility index (Phi) is 4.38. The highest BCUT2D eigenvalue weighted by Crippen LogP contribution is 2.18. The van der Waals surface area contributed by atoms with Gasteiger partial charge in [-0.2, -0.15) is 0 Å². The van der Waals surface area contributed by atoms with Gasteiger partial charge in [0.1, 0.15) is 22.6 Å². The van der Waals surface area contributed by atoms with Crippen LogP contribution in [0.4, 0.5) is 4.79 Å². The second-order valence-corrected chi connectivity index (χ2v) is 4.06. The summed E-state index contributed by atoms with van der Waals surface area (Å²) < 4.78 is 8.57. The Hall–Kier alpha value is -3.35. The van der Waals surface area contributed by atoms with Crippen molar-refractivity contribution < 1.29 is 34.1 Å². The quantitative estimate of drug-likeness (QED) is 0.646. The molecule has 0 aromatic heterocycles. The fourth-order valence-electron chi connectivity index (χ4n) is 1.57. The minimum Gasteiger partial charge on any atom is -0.507 e. The van der Waals surface area contributed by atoms with E-state index in [2.05, 4.69) is 9.47 Å². The number of phenolic OH excluding ortho intramolecular Hbond substituents is 2. The molecule has 112 valence electrons. The Morgan fingerprint density at radius 2 is 1.05 bits per heavy atom. The van der Waals surface area contributed by atoms with Gasteiger partial charge < -0.3 is 19.7 Å². The minimum atomic E-state index is -1.57. The van der Waals surface area contributed by atoms with Crippen LogP contribution in [-0.2, 0) is 9.47 Å². The molecular formula is C15H10O7. The lowest BCUT2D eigenvalue weighted by Gasteiger charge is -2.05. The average Bonchev–Trinajstić information content (AvgIpc) is 2.47. The molecule has 7 nitrogen and oxygen atoms in total. The first-order valence-corrected chi connectivity index (χ1v) is 6.03. The molecule has 2 rings (SSSR count). The van der Waals surface area contributed by atoms with Crippen LogP contribution in [0.5, 0.6) is 11.5 Å². The number of aromatic hydroxyl groups is 2. The van der Waals surface area contributed by atoms with Gasteiger partial charge in [0.2, 0.25) is 0 Å². The molecule has 0 bridgehead atoms. The van der Waals surface area contributed by atoms with Gasteiger partial charge in [-0.05, 0) is 24.3 Å². The first kappa shape index (κ1) is 15.0. The van der Waals surface area contributed by atoms with Gasteiger partial charge in [-0.1, -0.05) is 24.3 Å². The highest BCUT2D eigenvalue weighted by molar-refractivity contribution is 6.02. The van der Waals surface area contributed by atoms with Crippen LogP contribution in [0.15, 0.2) is 48.5 Å². The Morgan fingerprint density at radius 3 is 1.41 bits per heavy atom. The molecule has 0 aliphatic heterocycles. The molecule has 0 unspecified atom stereocenters. The molecule has 0 atom stereocenters. The lowest BCUT2D eigenvalue weighted by atomic mass is 10.2. The van der Waals surface area contributed by atoms with Gasteiger partial charge in [-0.25, -0.2) is 14.4 Å². The summed E-state index contributed by atoms with van der Waals surface area (Å²) in [4.78, 5) is 34.6. The van der Waals surface area contributed by atoms with E-state index in [0.717, 1.165) is 0 Å². The standard InChI is InChI=1S/C15H10O7/c16-11-7-3-1-5-9(11)13(18)21-15(20)22-14(19)10-6-2-4-8-12(10)17/h1-8,16-17H. The van der Waals surface area contributed by atoms with E-state index in [1.165, 1.54) is 48.5 Å². The largest absolute Gasteiger partial charge is 0.524 e. The molecule has 0 fully saturated rings. The van der Waals surface area contributed by atoms with Crippen LogP contribution in [0.2, 0.25) is 0 Å². The van der Waals surface area contributed by atoms with Crippen molar-refractivity contribution in [2.75, 3.05) is 0 Å². The molecule has 2 aromatic rings. The second kappa shape index (κ2) is 6.40. The van der Waals surface area contributed by atoms with E-state index in [1.54, 1.807) is 0 Å². The highest BCUT2D eigenvalue weighted by atomic mass is 16.8. The number of esters is 2. The van der Waals surface area contributed by atoms with Crippen LogP contribution in [0, 0.1) is 0 Å². The van der Waals surface area contributed by atoms with Crippen LogP contribution >= 0.6 is 0 Å². The molecule has 2 aromatic carbocycles. The van der Waals surface area contributed by atoms with E-state index in [0.29, 0.717) is 0 Å². The predicted molar refractivity (Wildman–Crippen MR) is 72.4 cm³/mol.